The fourth-order valence-electron chi connectivity index (χ4n) is 2.79. The molecule has 1 amide bonds. The highest BCUT2D eigenvalue weighted by molar-refractivity contribution is 7.89. The van der Waals surface area contributed by atoms with Gasteiger partial charge in [-0.15, -0.1) is 0 Å². The second-order valence-electron chi connectivity index (χ2n) is 5.95. The standard InChI is InChI=1S/C14H20N6O4S/c1-10-16-13(24-17-10)9-19-3-5-20(6-4-19)25(22,23)11-7-12(14(15)21)18(2)8-11/h7-8H,3-6,9H2,1-2H3,(H2,15,21). The number of aryl methyl sites for hydroxylation is 2. The molecule has 0 saturated carbocycles. The van der Waals surface area contributed by atoms with E-state index in [2.05, 4.69) is 15.0 Å². The van der Waals surface area contributed by atoms with Crippen molar-refractivity contribution in [3.63, 3.8) is 0 Å². The number of hydrogen-bond donors (Lipinski definition) is 1. The van der Waals surface area contributed by atoms with Crippen LogP contribution in [0.3, 0.4) is 0 Å². The molecule has 10 nitrogen and oxygen atoms in total. The molecule has 1 fully saturated rings. The molecule has 2 aromatic heterocycles. The lowest BCUT2D eigenvalue weighted by molar-refractivity contribution is 0.0992. The molecule has 0 atom stereocenters. The number of rotatable bonds is 5. The molecule has 136 valence electrons. The van der Waals surface area contributed by atoms with Gasteiger partial charge in [0, 0.05) is 39.4 Å². The molecule has 11 heteroatoms. The number of hydrogen-bond acceptors (Lipinski definition) is 7. The average Bonchev–Trinajstić information content (AvgIpc) is 3.14. The van der Waals surface area contributed by atoms with Gasteiger partial charge in [-0.25, -0.2) is 8.42 Å². The largest absolute Gasteiger partial charge is 0.364 e. The van der Waals surface area contributed by atoms with Crippen LogP contribution in [-0.2, 0) is 23.6 Å². The van der Waals surface area contributed by atoms with Crippen molar-refractivity contribution in [1.29, 1.82) is 0 Å². The van der Waals surface area contributed by atoms with E-state index < -0.39 is 15.9 Å². The summed E-state index contributed by atoms with van der Waals surface area (Å²) >= 11 is 0. The van der Waals surface area contributed by atoms with Crippen LogP contribution in [0.5, 0.6) is 0 Å². The van der Waals surface area contributed by atoms with E-state index >= 15 is 0 Å². The second kappa shape index (κ2) is 6.58. The van der Waals surface area contributed by atoms with Gasteiger partial charge in [0.2, 0.25) is 15.9 Å². The Bertz CT molecular complexity index is 879. The van der Waals surface area contributed by atoms with Crippen LogP contribution in [0.4, 0.5) is 0 Å². The van der Waals surface area contributed by atoms with E-state index in [1.165, 1.54) is 21.1 Å². The van der Waals surface area contributed by atoms with Crippen LogP contribution < -0.4 is 5.73 Å². The number of carbonyl (C=O) groups excluding carboxylic acids is 1. The number of nitrogens with two attached hydrogens (primary N) is 1. The van der Waals surface area contributed by atoms with E-state index in [1.54, 1.807) is 14.0 Å². The fraction of sp³-hybridized carbons (Fsp3) is 0.500. The predicted molar refractivity (Wildman–Crippen MR) is 87.0 cm³/mol. The Morgan fingerprint density at radius 1 is 1.32 bits per heavy atom. The molecule has 2 aromatic rings. The SMILES string of the molecule is Cc1noc(CN2CCN(S(=O)(=O)c3cc(C(N)=O)n(C)c3)CC2)n1. The molecule has 0 bridgehead atoms. The first-order valence-corrected chi connectivity index (χ1v) is 9.19. The third kappa shape index (κ3) is 3.57. The van der Waals surface area contributed by atoms with Crippen LogP contribution >= 0.6 is 0 Å². The molecule has 2 N–H and O–H groups in total. The minimum atomic E-state index is -3.66. The van der Waals surface area contributed by atoms with Gasteiger partial charge < -0.3 is 14.8 Å². The van der Waals surface area contributed by atoms with Crippen molar-refractivity contribution in [3.05, 3.63) is 29.7 Å². The van der Waals surface area contributed by atoms with Gasteiger partial charge in [0.1, 0.15) is 10.6 Å². The van der Waals surface area contributed by atoms with Crippen LogP contribution in [0.1, 0.15) is 22.2 Å². The second-order valence-corrected chi connectivity index (χ2v) is 7.89. The normalized spacial score (nSPS) is 17.0. The Kier molecular flexibility index (Phi) is 4.62. The summed E-state index contributed by atoms with van der Waals surface area (Å²) in [4.78, 5) is 17.6. The van der Waals surface area contributed by atoms with Crippen LogP contribution in [0, 0.1) is 6.92 Å². The van der Waals surface area contributed by atoms with Crippen molar-refractivity contribution < 1.29 is 17.7 Å². The highest BCUT2D eigenvalue weighted by Crippen LogP contribution is 2.20. The number of aromatic nitrogens is 3. The van der Waals surface area contributed by atoms with E-state index in [9.17, 15) is 13.2 Å². The molecule has 3 heterocycles. The lowest BCUT2D eigenvalue weighted by Gasteiger charge is -2.32. The number of sulfonamides is 1. The molecule has 3 rings (SSSR count). The number of amides is 1. The van der Waals surface area contributed by atoms with Crippen LogP contribution in [0.2, 0.25) is 0 Å². The monoisotopic (exact) mass is 368 g/mol. The van der Waals surface area contributed by atoms with E-state index in [1.807, 2.05) is 0 Å². The molecule has 1 aliphatic heterocycles. The Labute approximate surface area is 145 Å². The number of piperazine rings is 1. The number of carbonyl (C=O) groups is 1. The average molecular weight is 368 g/mol. The third-order valence-electron chi connectivity index (χ3n) is 4.13. The summed E-state index contributed by atoms with van der Waals surface area (Å²) in [5, 5.41) is 3.74. The number of nitrogens with zero attached hydrogens (tertiary/aromatic N) is 5. The Morgan fingerprint density at radius 3 is 2.52 bits per heavy atom. The van der Waals surface area contributed by atoms with Crippen molar-refractivity contribution in [3.8, 4) is 0 Å². The van der Waals surface area contributed by atoms with Gasteiger partial charge in [-0.2, -0.15) is 9.29 Å². The highest BCUT2D eigenvalue weighted by Gasteiger charge is 2.30. The predicted octanol–water partition coefficient (Wildman–Crippen LogP) is -0.678. The smallest absolute Gasteiger partial charge is 0.265 e. The number of primary amides is 1. The van der Waals surface area contributed by atoms with Crippen LogP contribution in [-0.4, -0.2) is 64.4 Å². The van der Waals surface area contributed by atoms with Crippen molar-refractivity contribution in [1.82, 2.24) is 23.9 Å². The van der Waals surface area contributed by atoms with E-state index in [0.29, 0.717) is 44.4 Å². The summed E-state index contributed by atoms with van der Waals surface area (Å²) in [5.74, 6) is 0.428. The zero-order valence-corrected chi connectivity index (χ0v) is 14.9. The van der Waals surface area contributed by atoms with Crippen LogP contribution in [0.25, 0.3) is 0 Å². The molecule has 1 saturated heterocycles. The van der Waals surface area contributed by atoms with Crippen molar-refractivity contribution >= 4 is 15.9 Å². The molecule has 1 aliphatic rings. The van der Waals surface area contributed by atoms with Crippen LogP contribution in [0.15, 0.2) is 21.7 Å². The molecule has 0 aromatic carbocycles. The molecule has 0 aliphatic carbocycles. The van der Waals surface area contributed by atoms with E-state index in [0.717, 1.165) is 0 Å². The molecule has 0 unspecified atom stereocenters. The van der Waals surface area contributed by atoms with E-state index in [-0.39, 0.29) is 10.6 Å². The Balaban J connectivity index is 1.67. The lowest BCUT2D eigenvalue weighted by atomic mass is 10.3. The fourth-order valence-corrected chi connectivity index (χ4v) is 4.29. The van der Waals surface area contributed by atoms with Gasteiger partial charge in [-0.05, 0) is 13.0 Å². The Hall–Kier alpha value is -2.24. The molecular weight excluding hydrogens is 348 g/mol. The zero-order valence-electron chi connectivity index (χ0n) is 14.0. The van der Waals surface area contributed by atoms with Crippen molar-refractivity contribution in [2.75, 3.05) is 26.2 Å². The third-order valence-corrected chi connectivity index (χ3v) is 5.99. The first kappa shape index (κ1) is 17.6. The maximum absolute atomic E-state index is 12.7. The highest BCUT2D eigenvalue weighted by atomic mass is 32.2. The van der Waals surface area contributed by atoms with Gasteiger partial charge in [0.25, 0.3) is 5.91 Å². The minimum Gasteiger partial charge on any atom is -0.364 e. The topological polar surface area (TPSA) is 128 Å². The molecule has 25 heavy (non-hydrogen) atoms. The molecular formula is C14H20N6O4S. The first-order chi connectivity index (χ1) is 11.8. The zero-order chi connectivity index (χ0) is 18.2. The van der Waals surface area contributed by atoms with Crippen molar-refractivity contribution in [2.45, 2.75) is 18.4 Å². The van der Waals surface area contributed by atoms with Gasteiger partial charge in [-0.1, -0.05) is 5.16 Å². The van der Waals surface area contributed by atoms with E-state index in [4.69, 9.17) is 10.3 Å². The first-order valence-electron chi connectivity index (χ1n) is 7.75. The van der Waals surface area contributed by atoms with Gasteiger partial charge in [-0.3, -0.25) is 9.69 Å². The maximum Gasteiger partial charge on any atom is 0.265 e. The quantitative estimate of drug-likeness (QED) is 0.741. The summed E-state index contributed by atoms with van der Waals surface area (Å²) in [7, 11) is -2.08. The van der Waals surface area contributed by atoms with Gasteiger partial charge in [0.05, 0.1) is 6.54 Å². The maximum atomic E-state index is 12.7. The lowest BCUT2D eigenvalue weighted by Crippen LogP contribution is -2.48. The van der Waals surface area contributed by atoms with Crippen molar-refractivity contribution in [2.24, 2.45) is 12.8 Å². The summed E-state index contributed by atoms with van der Waals surface area (Å²) < 4.78 is 33.4. The Morgan fingerprint density at radius 2 is 2.00 bits per heavy atom. The minimum absolute atomic E-state index is 0.0739. The summed E-state index contributed by atoms with van der Waals surface area (Å²) in [6, 6.07) is 1.31. The molecule has 0 spiro atoms. The summed E-state index contributed by atoms with van der Waals surface area (Å²) in [6.45, 7) is 4.03. The van der Waals surface area contributed by atoms with Gasteiger partial charge >= 0.3 is 0 Å². The summed E-state index contributed by atoms with van der Waals surface area (Å²) in [5.41, 5.74) is 5.40. The summed E-state index contributed by atoms with van der Waals surface area (Å²) in [6.07, 6.45) is 1.41. The molecule has 0 radical (unpaired) electrons. The van der Waals surface area contributed by atoms with Gasteiger partial charge in [0.15, 0.2) is 5.82 Å².